The molecule has 3 rings (SSSR count). The van der Waals surface area contributed by atoms with Crippen molar-refractivity contribution in [1.29, 1.82) is 0 Å². The van der Waals surface area contributed by atoms with Gasteiger partial charge in [0, 0.05) is 17.4 Å². The predicted octanol–water partition coefficient (Wildman–Crippen LogP) is 6.11. The fraction of sp³-hybridized carbons (Fsp3) is 0.100. The Hall–Kier alpha value is -3.06. The van der Waals surface area contributed by atoms with E-state index in [0.29, 0.717) is 16.3 Å². The summed E-state index contributed by atoms with van der Waals surface area (Å²) in [5.74, 6) is -0.137. The summed E-state index contributed by atoms with van der Waals surface area (Å²) >= 11 is 5.92. The van der Waals surface area contributed by atoms with Gasteiger partial charge in [-0.05, 0) is 61.0 Å². The molecule has 0 aliphatic rings. The van der Waals surface area contributed by atoms with Gasteiger partial charge in [-0.25, -0.2) is 0 Å². The molecule has 1 N–H and O–H groups in total. The maximum absolute atomic E-state index is 13.1. The predicted molar refractivity (Wildman–Crippen MR) is 99.9 cm³/mol. The van der Waals surface area contributed by atoms with Crippen LogP contribution in [0.15, 0.2) is 60.9 Å². The Labute approximate surface area is 163 Å². The number of benzene rings is 2. The molecule has 3 aromatic rings. The van der Waals surface area contributed by atoms with Gasteiger partial charge in [0.05, 0.1) is 16.8 Å². The standard InChI is InChI=1S/C20H14ClF3N2O2/c1-12-9-15(21)5-7-17(12)28-18-6-4-14(20(22,23)24)10-16(18)26-19(27)13-3-2-8-25-11-13/h2-11H,1H3,(H,26,27). The van der Waals surface area contributed by atoms with Crippen molar-refractivity contribution in [3.63, 3.8) is 0 Å². The second-order valence-electron chi connectivity index (χ2n) is 5.92. The maximum Gasteiger partial charge on any atom is 0.416 e. The van der Waals surface area contributed by atoms with Crippen LogP contribution in [0.1, 0.15) is 21.5 Å². The van der Waals surface area contributed by atoms with Gasteiger partial charge in [-0.15, -0.1) is 0 Å². The zero-order valence-corrected chi connectivity index (χ0v) is 15.3. The number of aromatic nitrogens is 1. The molecule has 0 unspecified atom stereocenters. The van der Waals surface area contributed by atoms with Crippen LogP contribution in [0, 0.1) is 6.92 Å². The molecule has 0 saturated heterocycles. The van der Waals surface area contributed by atoms with E-state index in [0.717, 1.165) is 18.2 Å². The lowest BCUT2D eigenvalue weighted by molar-refractivity contribution is -0.137. The Kier molecular flexibility index (Phi) is 5.56. The summed E-state index contributed by atoms with van der Waals surface area (Å²) in [4.78, 5) is 16.2. The van der Waals surface area contributed by atoms with Gasteiger partial charge in [0.25, 0.3) is 5.91 Å². The minimum atomic E-state index is -4.57. The van der Waals surface area contributed by atoms with Crippen molar-refractivity contribution in [2.45, 2.75) is 13.1 Å². The molecule has 0 aliphatic heterocycles. The van der Waals surface area contributed by atoms with E-state index in [-0.39, 0.29) is 17.0 Å². The summed E-state index contributed by atoms with van der Waals surface area (Å²) < 4.78 is 45.1. The Bertz CT molecular complexity index is 1010. The lowest BCUT2D eigenvalue weighted by Crippen LogP contribution is -2.14. The molecular formula is C20H14ClF3N2O2. The van der Waals surface area contributed by atoms with Crippen LogP contribution in [0.3, 0.4) is 0 Å². The summed E-state index contributed by atoms with van der Waals surface area (Å²) in [7, 11) is 0. The van der Waals surface area contributed by atoms with Crippen molar-refractivity contribution >= 4 is 23.2 Å². The molecule has 2 aromatic carbocycles. The Morgan fingerprint density at radius 1 is 1.11 bits per heavy atom. The Balaban J connectivity index is 1.98. The number of nitrogens with zero attached hydrogens (tertiary/aromatic N) is 1. The van der Waals surface area contributed by atoms with E-state index >= 15 is 0 Å². The molecule has 0 radical (unpaired) electrons. The fourth-order valence-corrected chi connectivity index (χ4v) is 2.66. The number of alkyl halides is 3. The van der Waals surface area contributed by atoms with Crippen molar-refractivity contribution in [3.05, 3.63) is 82.6 Å². The summed E-state index contributed by atoms with van der Waals surface area (Å²) in [6, 6.07) is 10.8. The number of halogens is 4. The number of amides is 1. The summed E-state index contributed by atoms with van der Waals surface area (Å²) in [5.41, 5.74) is -0.127. The molecule has 144 valence electrons. The topological polar surface area (TPSA) is 51.2 Å². The minimum absolute atomic E-state index is 0.0654. The van der Waals surface area contributed by atoms with Gasteiger partial charge in [0.15, 0.2) is 5.75 Å². The summed E-state index contributed by atoms with van der Waals surface area (Å²) in [6.45, 7) is 1.75. The third-order valence-electron chi connectivity index (χ3n) is 3.84. The van der Waals surface area contributed by atoms with Gasteiger partial charge in [-0.3, -0.25) is 9.78 Å². The van der Waals surface area contributed by atoms with Gasteiger partial charge in [-0.2, -0.15) is 13.2 Å². The molecule has 0 atom stereocenters. The quantitative estimate of drug-likeness (QED) is 0.569. The first-order chi connectivity index (χ1) is 13.2. The fourth-order valence-electron chi connectivity index (χ4n) is 2.43. The normalized spacial score (nSPS) is 11.2. The molecule has 0 bridgehead atoms. The monoisotopic (exact) mass is 406 g/mol. The van der Waals surface area contributed by atoms with Crippen LogP contribution in [0.4, 0.5) is 18.9 Å². The van der Waals surface area contributed by atoms with E-state index in [1.54, 1.807) is 31.2 Å². The van der Waals surface area contributed by atoms with Crippen LogP contribution in [-0.4, -0.2) is 10.9 Å². The first kappa shape index (κ1) is 19.7. The lowest BCUT2D eigenvalue weighted by Gasteiger charge is -2.16. The highest BCUT2D eigenvalue weighted by molar-refractivity contribution is 6.30. The van der Waals surface area contributed by atoms with Gasteiger partial charge >= 0.3 is 6.18 Å². The number of hydrogen-bond donors (Lipinski definition) is 1. The van der Waals surface area contributed by atoms with Gasteiger partial charge in [0.2, 0.25) is 0 Å². The largest absolute Gasteiger partial charge is 0.455 e. The molecule has 0 aliphatic carbocycles. The first-order valence-corrected chi connectivity index (χ1v) is 8.48. The number of hydrogen-bond acceptors (Lipinski definition) is 3. The van der Waals surface area contributed by atoms with E-state index in [9.17, 15) is 18.0 Å². The molecule has 1 aromatic heterocycles. The van der Waals surface area contributed by atoms with E-state index < -0.39 is 17.6 Å². The number of rotatable bonds is 4. The van der Waals surface area contributed by atoms with Crippen LogP contribution in [0.25, 0.3) is 0 Å². The average molecular weight is 407 g/mol. The molecule has 0 fully saturated rings. The highest BCUT2D eigenvalue weighted by atomic mass is 35.5. The number of pyridine rings is 1. The number of carbonyl (C=O) groups excluding carboxylic acids is 1. The molecule has 1 heterocycles. The molecule has 0 spiro atoms. The van der Waals surface area contributed by atoms with Crippen molar-refractivity contribution < 1.29 is 22.7 Å². The molecule has 1 amide bonds. The first-order valence-electron chi connectivity index (χ1n) is 8.10. The third kappa shape index (κ3) is 4.61. The Morgan fingerprint density at radius 2 is 1.86 bits per heavy atom. The second-order valence-corrected chi connectivity index (χ2v) is 6.35. The highest BCUT2D eigenvalue weighted by Crippen LogP contribution is 2.38. The smallest absolute Gasteiger partial charge is 0.416 e. The van der Waals surface area contributed by atoms with Crippen LogP contribution >= 0.6 is 11.6 Å². The minimum Gasteiger partial charge on any atom is -0.455 e. The molecular weight excluding hydrogens is 393 g/mol. The molecule has 8 heteroatoms. The van der Waals surface area contributed by atoms with Crippen molar-refractivity contribution in [2.24, 2.45) is 0 Å². The zero-order chi connectivity index (χ0) is 20.3. The number of aryl methyl sites for hydroxylation is 1. The number of anilines is 1. The third-order valence-corrected chi connectivity index (χ3v) is 4.07. The molecule has 0 saturated carbocycles. The molecule has 28 heavy (non-hydrogen) atoms. The Morgan fingerprint density at radius 3 is 2.50 bits per heavy atom. The van der Waals surface area contributed by atoms with E-state index in [1.165, 1.54) is 18.5 Å². The zero-order valence-electron chi connectivity index (χ0n) is 14.5. The highest BCUT2D eigenvalue weighted by Gasteiger charge is 2.31. The lowest BCUT2D eigenvalue weighted by atomic mass is 10.1. The van der Waals surface area contributed by atoms with Gasteiger partial charge in [0.1, 0.15) is 5.75 Å². The number of nitrogens with one attached hydrogen (secondary N) is 1. The van der Waals surface area contributed by atoms with Crippen molar-refractivity contribution in [3.8, 4) is 11.5 Å². The van der Waals surface area contributed by atoms with Crippen molar-refractivity contribution in [2.75, 3.05) is 5.32 Å². The van der Waals surface area contributed by atoms with Crippen LogP contribution in [0.2, 0.25) is 5.02 Å². The number of ether oxygens (including phenoxy) is 1. The second kappa shape index (κ2) is 7.90. The molecule has 4 nitrogen and oxygen atoms in total. The maximum atomic E-state index is 13.1. The average Bonchev–Trinajstić information content (AvgIpc) is 2.65. The van der Waals surface area contributed by atoms with Crippen LogP contribution in [-0.2, 0) is 6.18 Å². The SMILES string of the molecule is Cc1cc(Cl)ccc1Oc1ccc(C(F)(F)F)cc1NC(=O)c1cccnc1. The summed E-state index contributed by atoms with van der Waals surface area (Å²) in [5, 5.41) is 2.96. The van der Waals surface area contributed by atoms with E-state index in [1.807, 2.05) is 0 Å². The van der Waals surface area contributed by atoms with Crippen molar-refractivity contribution in [1.82, 2.24) is 4.98 Å². The van der Waals surface area contributed by atoms with Gasteiger partial charge < -0.3 is 10.1 Å². The van der Waals surface area contributed by atoms with E-state index in [2.05, 4.69) is 10.3 Å². The van der Waals surface area contributed by atoms with E-state index in [4.69, 9.17) is 16.3 Å². The number of carbonyl (C=O) groups is 1. The summed E-state index contributed by atoms with van der Waals surface area (Å²) in [6.07, 6.45) is -1.77. The van der Waals surface area contributed by atoms with Crippen LogP contribution < -0.4 is 10.1 Å². The van der Waals surface area contributed by atoms with Crippen LogP contribution in [0.5, 0.6) is 11.5 Å². The van der Waals surface area contributed by atoms with Gasteiger partial charge in [-0.1, -0.05) is 11.6 Å².